The minimum atomic E-state index is -2.83. The standard InChI is InChI=1S/C18H28N5O4P/c1-15(24)17-5-3-16(4-6-17)7-10-23(2)28(26,13-8-18(19)25)14-12-27-11-9-21-22-20/h3-6H,7-14H2,1-2H3,(H2,19,25). The number of primary amides is 1. The first kappa shape index (κ1) is 23.9. The maximum atomic E-state index is 13.4. The lowest BCUT2D eigenvalue weighted by atomic mass is 10.1. The van der Waals surface area contributed by atoms with Crippen LogP contribution in [0, 0.1) is 0 Å². The van der Waals surface area contributed by atoms with Crippen LogP contribution < -0.4 is 5.73 Å². The second kappa shape index (κ2) is 12.3. The Morgan fingerprint density at radius 1 is 1.25 bits per heavy atom. The quantitative estimate of drug-likeness (QED) is 0.126. The molecular weight excluding hydrogens is 381 g/mol. The first-order valence-corrected chi connectivity index (χ1v) is 11.1. The predicted octanol–water partition coefficient (Wildman–Crippen LogP) is 2.84. The van der Waals surface area contributed by atoms with Crippen LogP contribution in [0.4, 0.5) is 0 Å². The third-order valence-corrected chi connectivity index (χ3v) is 7.65. The summed E-state index contributed by atoms with van der Waals surface area (Å²) in [6.45, 7) is 2.77. The fraction of sp³-hybridized carbons (Fsp3) is 0.556. The van der Waals surface area contributed by atoms with Crippen molar-refractivity contribution in [3.05, 3.63) is 45.8 Å². The van der Waals surface area contributed by atoms with E-state index < -0.39 is 13.2 Å². The molecule has 1 unspecified atom stereocenters. The molecule has 1 aromatic carbocycles. The molecule has 154 valence electrons. The van der Waals surface area contributed by atoms with Crippen molar-refractivity contribution in [2.24, 2.45) is 10.8 Å². The van der Waals surface area contributed by atoms with E-state index in [9.17, 15) is 14.2 Å². The Kier molecular flexibility index (Phi) is 10.5. The fourth-order valence-electron chi connectivity index (χ4n) is 2.58. The van der Waals surface area contributed by atoms with E-state index in [1.807, 2.05) is 12.1 Å². The van der Waals surface area contributed by atoms with Crippen LogP contribution in [0.5, 0.6) is 0 Å². The molecule has 0 radical (unpaired) electrons. The van der Waals surface area contributed by atoms with Gasteiger partial charge in [-0.1, -0.05) is 29.4 Å². The summed E-state index contributed by atoms with van der Waals surface area (Å²) in [5.41, 5.74) is 15.1. The summed E-state index contributed by atoms with van der Waals surface area (Å²) >= 11 is 0. The Morgan fingerprint density at radius 3 is 2.50 bits per heavy atom. The van der Waals surface area contributed by atoms with E-state index in [1.54, 1.807) is 23.9 Å². The number of Topliss-reactive ketones (excluding diaryl/α,β-unsaturated/α-hetero) is 1. The third kappa shape index (κ3) is 8.67. The zero-order chi connectivity index (χ0) is 21.0. The van der Waals surface area contributed by atoms with Crippen LogP contribution in [-0.2, 0) is 20.5 Å². The number of rotatable bonds is 14. The van der Waals surface area contributed by atoms with Crippen molar-refractivity contribution in [3.8, 4) is 0 Å². The molecule has 9 nitrogen and oxygen atoms in total. The summed E-state index contributed by atoms with van der Waals surface area (Å²) in [6.07, 6.45) is 1.19. The van der Waals surface area contributed by atoms with Crippen LogP contribution in [0.2, 0.25) is 0 Å². The number of likely N-dealkylation sites (N-methyl/N-ethyl adjacent to an activating group) is 1. The first-order chi connectivity index (χ1) is 13.3. The summed E-state index contributed by atoms with van der Waals surface area (Å²) in [4.78, 5) is 25.1. The zero-order valence-corrected chi connectivity index (χ0v) is 17.3. The second-order valence-electron chi connectivity index (χ2n) is 6.46. The number of carbonyl (C=O) groups is 2. The van der Waals surface area contributed by atoms with Crippen LogP contribution in [-0.4, -0.2) is 62.0 Å². The van der Waals surface area contributed by atoms with Crippen molar-refractivity contribution in [1.29, 1.82) is 0 Å². The van der Waals surface area contributed by atoms with Crippen LogP contribution in [0.3, 0.4) is 0 Å². The van der Waals surface area contributed by atoms with Gasteiger partial charge < -0.3 is 15.0 Å². The van der Waals surface area contributed by atoms with Gasteiger partial charge in [0.05, 0.1) is 13.2 Å². The Balaban J connectivity index is 2.65. The number of amides is 1. The summed E-state index contributed by atoms with van der Waals surface area (Å²) in [7, 11) is -1.06. The van der Waals surface area contributed by atoms with Crippen molar-refractivity contribution >= 4 is 19.0 Å². The SMILES string of the molecule is CC(=O)c1ccc(CCN(C)P(=O)(CCOCCN=[N+]=[N-])CCC(N)=O)cc1. The molecule has 0 saturated heterocycles. The van der Waals surface area contributed by atoms with Gasteiger partial charge in [-0.15, -0.1) is 0 Å². The number of ketones is 1. The van der Waals surface area contributed by atoms with Crippen LogP contribution in [0.1, 0.15) is 29.3 Å². The smallest absolute Gasteiger partial charge is 0.217 e. The normalized spacial score (nSPS) is 13.0. The minimum Gasteiger partial charge on any atom is -0.381 e. The molecule has 1 aromatic rings. The summed E-state index contributed by atoms with van der Waals surface area (Å²) < 4.78 is 20.5. The molecule has 1 rings (SSSR count). The fourth-order valence-corrected chi connectivity index (χ4v) is 4.93. The van der Waals surface area contributed by atoms with Gasteiger partial charge in [0.2, 0.25) is 5.91 Å². The highest BCUT2D eigenvalue weighted by atomic mass is 31.2. The van der Waals surface area contributed by atoms with Crippen LogP contribution in [0.15, 0.2) is 29.4 Å². The molecule has 10 heteroatoms. The molecular formula is C18H28N5O4P. The van der Waals surface area contributed by atoms with Crippen molar-refractivity contribution in [2.75, 3.05) is 45.7 Å². The average molecular weight is 409 g/mol. The van der Waals surface area contributed by atoms with Gasteiger partial charge >= 0.3 is 0 Å². The molecule has 0 bridgehead atoms. The Morgan fingerprint density at radius 2 is 1.93 bits per heavy atom. The number of carbonyl (C=O) groups excluding carboxylic acids is 2. The molecule has 0 heterocycles. The molecule has 0 aromatic heterocycles. The zero-order valence-electron chi connectivity index (χ0n) is 16.4. The average Bonchev–Trinajstić information content (AvgIpc) is 2.67. The highest BCUT2D eigenvalue weighted by Gasteiger charge is 2.27. The van der Waals surface area contributed by atoms with Gasteiger partial charge in [-0.05, 0) is 31.5 Å². The molecule has 0 spiro atoms. The Labute approximate surface area is 165 Å². The molecule has 1 atom stereocenters. The van der Waals surface area contributed by atoms with Crippen molar-refractivity contribution < 1.29 is 18.9 Å². The lowest BCUT2D eigenvalue weighted by Crippen LogP contribution is -2.25. The lowest BCUT2D eigenvalue weighted by Gasteiger charge is -2.28. The van der Waals surface area contributed by atoms with E-state index in [0.29, 0.717) is 18.5 Å². The van der Waals surface area contributed by atoms with E-state index in [0.717, 1.165) is 5.56 Å². The number of ether oxygens (including phenoxy) is 1. The van der Waals surface area contributed by atoms with Gasteiger partial charge in [0.1, 0.15) is 0 Å². The molecule has 0 aliphatic heterocycles. The maximum Gasteiger partial charge on any atom is 0.217 e. The molecule has 0 aliphatic carbocycles. The number of nitrogens with zero attached hydrogens (tertiary/aromatic N) is 4. The number of azide groups is 1. The Bertz CT molecular complexity index is 747. The van der Waals surface area contributed by atoms with E-state index in [-0.39, 0.29) is 44.3 Å². The van der Waals surface area contributed by atoms with Gasteiger partial charge in [0.25, 0.3) is 0 Å². The van der Waals surface area contributed by atoms with Crippen molar-refractivity contribution in [3.63, 3.8) is 0 Å². The lowest BCUT2D eigenvalue weighted by molar-refractivity contribution is -0.117. The van der Waals surface area contributed by atoms with Crippen LogP contribution in [0.25, 0.3) is 10.4 Å². The first-order valence-electron chi connectivity index (χ1n) is 9.05. The molecule has 28 heavy (non-hydrogen) atoms. The maximum absolute atomic E-state index is 13.4. The molecule has 1 amide bonds. The molecule has 0 aliphatic rings. The van der Waals surface area contributed by atoms with Crippen molar-refractivity contribution in [2.45, 2.75) is 19.8 Å². The van der Waals surface area contributed by atoms with E-state index in [4.69, 9.17) is 16.0 Å². The van der Waals surface area contributed by atoms with E-state index in [1.165, 1.54) is 6.92 Å². The molecule has 2 N–H and O–H groups in total. The number of benzene rings is 1. The number of nitrogens with two attached hydrogens (primary N) is 1. The van der Waals surface area contributed by atoms with Crippen LogP contribution >= 0.6 is 7.29 Å². The number of hydrogen-bond acceptors (Lipinski definition) is 5. The van der Waals surface area contributed by atoms with Gasteiger partial charge in [0.15, 0.2) is 13.1 Å². The predicted molar refractivity (Wildman–Crippen MR) is 109 cm³/mol. The minimum absolute atomic E-state index is 0.0140. The van der Waals surface area contributed by atoms with E-state index >= 15 is 0 Å². The van der Waals surface area contributed by atoms with Gasteiger partial charge in [-0.2, -0.15) is 0 Å². The monoisotopic (exact) mass is 409 g/mol. The third-order valence-electron chi connectivity index (χ3n) is 4.40. The second-order valence-corrected chi connectivity index (χ2v) is 9.73. The molecule has 0 fully saturated rings. The van der Waals surface area contributed by atoms with Gasteiger partial charge in [-0.25, -0.2) is 0 Å². The highest BCUT2D eigenvalue weighted by molar-refractivity contribution is 7.61. The topological polar surface area (TPSA) is 138 Å². The van der Waals surface area contributed by atoms with Gasteiger partial charge in [0, 0.05) is 42.3 Å². The summed E-state index contributed by atoms with van der Waals surface area (Å²) in [6, 6.07) is 7.33. The largest absolute Gasteiger partial charge is 0.381 e. The van der Waals surface area contributed by atoms with Gasteiger partial charge in [-0.3, -0.25) is 14.3 Å². The molecule has 0 saturated carbocycles. The van der Waals surface area contributed by atoms with E-state index in [2.05, 4.69) is 10.0 Å². The Hall–Kier alpha value is -2.18. The van der Waals surface area contributed by atoms with Crippen molar-refractivity contribution in [1.82, 2.24) is 4.67 Å². The summed E-state index contributed by atoms with van der Waals surface area (Å²) in [5.74, 6) is -0.474. The summed E-state index contributed by atoms with van der Waals surface area (Å²) in [5, 5.41) is 3.37. The number of hydrogen-bond donors (Lipinski definition) is 1. The highest BCUT2D eigenvalue weighted by Crippen LogP contribution is 2.48.